The molecule has 0 aliphatic carbocycles. The quantitative estimate of drug-likeness (QED) is 0.133. The number of aromatic nitrogens is 2. The van der Waals surface area contributed by atoms with Crippen LogP contribution in [0.4, 0.5) is 34.5 Å². The summed E-state index contributed by atoms with van der Waals surface area (Å²) in [4.78, 5) is 92.3. The monoisotopic (exact) mass is 833 g/mol. The standard InChI is InChI=1S/C43H44ClN9O7/c1-25(54)29-5-3-4-6-33(29)46-39-32(44)24-45-43(49-39)47-34-10-8-28(23-36(34)60-2)51-17-19-52(20-18-51)38(56)21-26-13-15-50(16-14-26)27-7-9-30-31(22-27)42(59)53(41(30)58)35-11-12-37(55)48-40(35)57/h3-10,22-24,26,35H,11-21H2,1-2H3,(H,48,55,57)(H2,45,46,47,49). The fraction of sp³-hybridized carbons (Fsp3) is 0.349. The minimum absolute atomic E-state index is 0.0681. The van der Waals surface area contributed by atoms with Gasteiger partial charge in [0.2, 0.25) is 23.7 Å². The van der Waals surface area contributed by atoms with Crippen LogP contribution in [0.5, 0.6) is 5.75 Å². The van der Waals surface area contributed by atoms with Crippen molar-refractivity contribution in [2.75, 3.05) is 66.8 Å². The second-order valence-corrected chi connectivity index (χ2v) is 15.7. The van der Waals surface area contributed by atoms with E-state index in [4.69, 9.17) is 16.3 Å². The Bertz CT molecular complexity index is 2390. The van der Waals surface area contributed by atoms with Gasteiger partial charge >= 0.3 is 0 Å². The molecule has 0 saturated carbocycles. The number of ether oxygens (including phenoxy) is 1. The summed E-state index contributed by atoms with van der Waals surface area (Å²) >= 11 is 6.41. The summed E-state index contributed by atoms with van der Waals surface area (Å²) < 4.78 is 5.74. The number of halogens is 1. The van der Waals surface area contributed by atoms with E-state index in [1.165, 1.54) is 13.1 Å². The Balaban J connectivity index is 0.823. The summed E-state index contributed by atoms with van der Waals surface area (Å²) in [7, 11) is 1.59. The highest BCUT2D eigenvalue weighted by molar-refractivity contribution is 6.33. The van der Waals surface area contributed by atoms with Gasteiger partial charge in [-0.25, -0.2) is 4.98 Å². The first-order chi connectivity index (χ1) is 29.0. The van der Waals surface area contributed by atoms with Crippen molar-refractivity contribution >= 4 is 81.4 Å². The van der Waals surface area contributed by atoms with Gasteiger partial charge in [-0.1, -0.05) is 23.7 Å². The number of anilines is 6. The Morgan fingerprint density at radius 1 is 0.833 bits per heavy atom. The normalized spacial score (nSPS) is 18.4. The molecule has 0 bridgehead atoms. The summed E-state index contributed by atoms with van der Waals surface area (Å²) in [6.45, 7) is 5.42. The molecular formula is C43H44ClN9O7. The first kappa shape index (κ1) is 40.2. The van der Waals surface area contributed by atoms with Crippen LogP contribution in [0.3, 0.4) is 0 Å². The van der Waals surface area contributed by atoms with Crippen LogP contribution in [0.1, 0.15) is 70.1 Å². The predicted molar refractivity (Wildman–Crippen MR) is 225 cm³/mol. The number of nitrogens with one attached hydrogen (secondary N) is 3. The van der Waals surface area contributed by atoms with Gasteiger partial charge in [0.15, 0.2) is 11.6 Å². The first-order valence-electron chi connectivity index (χ1n) is 19.9. The van der Waals surface area contributed by atoms with Crippen molar-refractivity contribution in [3.8, 4) is 5.75 Å². The number of amides is 5. The zero-order valence-electron chi connectivity index (χ0n) is 33.2. The van der Waals surface area contributed by atoms with Gasteiger partial charge in [0, 0.05) is 75.1 Å². The van der Waals surface area contributed by atoms with Crippen molar-refractivity contribution in [3.05, 3.63) is 88.6 Å². The molecule has 0 spiro atoms. The number of imide groups is 2. The summed E-state index contributed by atoms with van der Waals surface area (Å²) in [5.41, 5.74) is 4.03. The van der Waals surface area contributed by atoms with Gasteiger partial charge < -0.3 is 30.1 Å². The number of para-hydroxylation sites is 1. The molecular weight excluding hydrogens is 790 g/mol. The maximum atomic E-state index is 13.5. The van der Waals surface area contributed by atoms with Gasteiger partial charge in [0.25, 0.3) is 11.8 Å². The number of piperidine rings is 2. The molecule has 5 heterocycles. The van der Waals surface area contributed by atoms with Crippen molar-refractivity contribution in [1.82, 2.24) is 25.1 Å². The van der Waals surface area contributed by atoms with Crippen LogP contribution in [0.25, 0.3) is 0 Å². The Hall–Kier alpha value is -6.55. The Morgan fingerprint density at radius 3 is 2.27 bits per heavy atom. The van der Waals surface area contributed by atoms with E-state index in [2.05, 4.69) is 35.7 Å². The van der Waals surface area contributed by atoms with Gasteiger partial charge in [-0.15, -0.1) is 0 Å². The number of ketones is 1. The van der Waals surface area contributed by atoms with E-state index >= 15 is 0 Å². The smallest absolute Gasteiger partial charge is 0.262 e. The number of methoxy groups -OCH3 is 1. The molecule has 0 radical (unpaired) electrons. The fourth-order valence-corrected chi connectivity index (χ4v) is 8.42. The van der Waals surface area contributed by atoms with E-state index in [1.54, 1.807) is 37.4 Å². The Labute approximate surface area is 351 Å². The molecule has 3 aromatic carbocycles. The highest BCUT2D eigenvalue weighted by atomic mass is 35.5. The average Bonchev–Trinajstić information content (AvgIpc) is 3.50. The Kier molecular flexibility index (Phi) is 11.4. The van der Waals surface area contributed by atoms with Crippen LogP contribution < -0.4 is 30.5 Å². The number of Topliss-reactive ketones (excluding diaryl/α,β-unsaturated/α-hetero) is 1. The van der Waals surface area contributed by atoms with Crippen LogP contribution in [0, 0.1) is 5.92 Å². The number of fused-ring (bicyclic) bond motifs is 1. The van der Waals surface area contributed by atoms with Crippen LogP contribution in [0.2, 0.25) is 5.02 Å². The highest BCUT2D eigenvalue weighted by Crippen LogP contribution is 2.35. The topological polar surface area (TPSA) is 186 Å². The van der Waals surface area contributed by atoms with Gasteiger partial charge in [0.1, 0.15) is 16.8 Å². The zero-order chi connectivity index (χ0) is 42.1. The van der Waals surface area contributed by atoms with Gasteiger partial charge in [-0.2, -0.15) is 4.98 Å². The lowest BCUT2D eigenvalue weighted by Crippen LogP contribution is -2.54. The molecule has 17 heteroatoms. The molecule has 60 heavy (non-hydrogen) atoms. The molecule has 3 fully saturated rings. The predicted octanol–water partition coefficient (Wildman–Crippen LogP) is 5.18. The number of carbonyl (C=O) groups excluding carboxylic acids is 6. The SMILES string of the molecule is COc1cc(N2CCN(C(=O)CC3CCN(c4ccc5c(c4)C(=O)N(C4CCC(=O)NC4=O)C5=O)CC3)CC2)ccc1Nc1ncc(Cl)c(Nc2ccccc2C(C)=O)n1. The largest absolute Gasteiger partial charge is 0.494 e. The lowest BCUT2D eigenvalue weighted by Gasteiger charge is -2.38. The third-order valence-electron chi connectivity index (χ3n) is 11.6. The second-order valence-electron chi connectivity index (χ2n) is 15.3. The van der Waals surface area contributed by atoms with Crippen LogP contribution in [-0.2, 0) is 14.4 Å². The van der Waals surface area contributed by atoms with Gasteiger partial charge in [-0.3, -0.25) is 39.0 Å². The summed E-state index contributed by atoms with van der Waals surface area (Å²) in [6.07, 6.45) is 3.74. The van der Waals surface area contributed by atoms with Crippen molar-refractivity contribution in [1.29, 1.82) is 0 Å². The van der Waals surface area contributed by atoms with E-state index in [1.807, 2.05) is 35.2 Å². The van der Waals surface area contributed by atoms with E-state index in [0.717, 1.165) is 29.1 Å². The van der Waals surface area contributed by atoms with Crippen molar-refractivity contribution in [2.45, 2.75) is 45.1 Å². The summed E-state index contributed by atoms with van der Waals surface area (Å²) in [5.74, 6) is -0.611. The van der Waals surface area contributed by atoms with Crippen LogP contribution in [0.15, 0.2) is 66.9 Å². The number of nitrogens with zero attached hydrogens (tertiary/aromatic N) is 6. The lowest BCUT2D eigenvalue weighted by molar-refractivity contribution is -0.136. The van der Waals surface area contributed by atoms with E-state index in [9.17, 15) is 28.8 Å². The average molecular weight is 834 g/mol. The summed E-state index contributed by atoms with van der Waals surface area (Å²) in [5, 5.41) is 8.87. The van der Waals surface area contributed by atoms with Crippen LogP contribution in [-0.4, -0.2) is 108 Å². The molecule has 1 atom stereocenters. The number of hydrogen-bond donors (Lipinski definition) is 3. The van der Waals surface area contributed by atoms with E-state index in [0.29, 0.717) is 79.2 Å². The number of piperazine rings is 1. The van der Waals surface area contributed by atoms with Crippen molar-refractivity contribution < 1.29 is 33.5 Å². The van der Waals surface area contributed by atoms with Crippen molar-refractivity contribution in [2.24, 2.45) is 5.92 Å². The molecule has 1 unspecified atom stereocenters. The molecule has 16 nitrogen and oxygen atoms in total. The lowest BCUT2D eigenvalue weighted by atomic mass is 9.92. The fourth-order valence-electron chi connectivity index (χ4n) is 8.28. The van der Waals surface area contributed by atoms with Crippen molar-refractivity contribution in [3.63, 3.8) is 0 Å². The third-order valence-corrected chi connectivity index (χ3v) is 11.9. The molecule has 4 aromatic rings. The summed E-state index contributed by atoms with van der Waals surface area (Å²) in [6, 6.07) is 17.1. The highest BCUT2D eigenvalue weighted by Gasteiger charge is 2.45. The maximum absolute atomic E-state index is 13.5. The molecule has 310 valence electrons. The Morgan fingerprint density at radius 2 is 1.53 bits per heavy atom. The molecule has 3 saturated heterocycles. The number of hydrogen-bond acceptors (Lipinski definition) is 13. The molecule has 1 aromatic heterocycles. The second kappa shape index (κ2) is 17.0. The third kappa shape index (κ3) is 8.19. The minimum atomic E-state index is -1.00. The molecule has 5 amide bonds. The minimum Gasteiger partial charge on any atom is -0.494 e. The van der Waals surface area contributed by atoms with E-state index < -0.39 is 29.7 Å². The van der Waals surface area contributed by atoms with Gasteiger partial charge in [-0.05, 0) is 74.6 Å². The van der Waals surface area contributed by atoms with E-state index in [-0.39, 0.29) is 47.5 Å². The number of rotatable bonds is 11. The first-order valence-corrected chi connectivity index (χ1v) is 20.3. The molecule has 8 rings (SSSR count). The maximum Gasteiger partial charge on any atom is 0.262 e. The number of benzene rings is 3. The zero-order valence-corrected chi connectivity index (χ0v) is 34.0. The van der Waals surface area contributed by atoms with Gasteiger partial charge in [0.05, 0.1) is 35.8 Å². The molecule has 3 N–H and O–H groups in total. The van der Waals surface area contributed by atoms with Crippen LogP contribution >= 0.6 is 11.6 Å². The molecule has 4 aliphatic heterocycles. The number of carbonyl (C=O) groups is 6. The molecule has 4 aliphatic rings.